The number of imidazole rings is 2. The lowest BCUT2D eigenvalue weighted by molar-refractivity contribution is 1.16. The standard InChI is InChI=1S/C10H10N4.C2H6.2H2/c1-5-11-7-3-9-10(4-8(7)12-5)14-6(2)13-9;1-2;;/h3-4H,1-2H3,(H,11,12)(H,13,14);1-2H3;2*1H. The zero-order valence-electron chi connectivity index (χ0n) is 10.0. The number of fused-ring (bicyclic) bond motifs is 2. The van der Waals surface area contributed by atoms with Gasteiger partial charge < -0.3 is 9.97 Å². The van der Waals surface area contributed by atoms with Crippen molar-refractivity contribution in [2.24, 2.45) is 0 Å². The molecule has 1 aromatic carbocycles. The molecule has 0 unspecified atom stereocenters. The Morgan fingerprint density at radius 3 is 1.75 bits per heavy atom. The Morgan fingerprint density at radius 1 is 0.875 bits per heavy atom. The van der Waals surface area contributed by atoms with Crippen LogP contribution >= 0.6 is 0 Å². The van der Waals surface area contributed by atoms with Crippen LogP contribution < -0.4 is 0 Å². The molecule has 0 spiro atoms. The van der Waals surface area contributed by atoms with Crippen molar-refractivity contribution < 1.29 is 2.85 Å². The molecule has 88 valence electrons. The van der Waals surface area contributed by atoms with Crippen molar-refractivity contribution in [3.8, 4) is 0 Å². The number of aryl methyl sites for hydroxylation is 2. The highest BCUT2D eigenvalue weighted by Gasteiger charge is 2.04. The molecule has 0 aliphatic carbocycles. The van der Waals surface area contributed by atoms with E-state index < -0.39 is 0 Å². The molecule has 0 atom stereocenters. The smallest absolute Gasteiger partial charge is 0.104 e. The molecule has 4 heteroatoms. The first-order valence-electron chi connectivity index (χ1n) is 5.55. The second kappa shape index (κ2) is 3.96. The van der Waals surface area contributed by atoms with E-state index in [-0.39, 0.29) is 2.85 Å². The van der Waals surface area contributed by atoms with E-state index in [2.05, 4.69) is 19.9 Å². The minimum absolute atomic E-state index is 0. The lowest BCUT2D eigenvalue weighted by Gasteiger charge is -1.87. The van der Waals surface area contributed by atoms with Gasteiger partial charge in [0, 0.05) is 2.85 Å². The number of nitrogens with one attached hydrogen (secondary N) is 2. The predicted octanol–water partition coefficient (Wildman–Crippen LogP) is 3.57. The molecule has 0 aliphatic rings. The summed E-state index contributed by atoms with van der Waals surface area (Å²) in [6, 6.07) is 4.04. The SMILES string of the molecule is CC.Cc1nc2cc3nc(C)[nH]c3cc2[nH]1.[HH].[HH]. The van der Waals surface area contributed by atoms with Gasteiger partial charge >= 0.3 is 0 Å². The molecule has 0 radical (unpaired) electrons. The number of H-pyrrole nitrogens is 2. The van der Waals surface area contributed by atoms with Gasteiger partial charge in [-0.2, -0.15) is 0 Å². The lowest BCUT2D eigenvalue weighted by atomic mass is 10.3. The summed E-state index contributed by atoms with van der Waals surface area (Å²) in [4.78, 5) is 15.1. The van der Waals surface area contributed by atoms with Gasteiger partial charge in [0.15, 0.2) is 0 Å². The lowest BCUT2D eigenvalue weighted by Crippen LogP contribution is -1.71. The van der Waals surface area contributed by atoms with Crippen molar-refractivity contribution >= 4 is 22.1 Å². The second-order valence-corrected chi connectivity index (χ2v) is 3.53. The maximum absolute atomic E-state index is 4.36. The molecule has 2 N–H and O–H groups in total. The molecule has 3 aromatic rings. The summed E-state index contributed by atoms with van der Waals surface area (Å²) in [5.41, 5.74) is 4.06. The van der Waals surface area contributed by atoms with Crippen LogP contribution in [-0.4, -0.2) is 19.9 Å². The van der Waals surface area contributed by atoms with Crippen LogP contribution in [0.25, 0.3) is 22.1 Å². The van der Waals surface area contributed by atoms with Crippen LogP contribution in [0.5, 0.6) is 0 Å². The van der Waals surface area contributed by atoms with Gasteiger partial charge in [-0.05, 0) is 26.0 Å². The largest absolute Gasteiger partial charge is 0.342 e. The Balaban J connectivity index is 0.000000691. The predicted molar refractivity (Wildman–Crippen MR) is 70.8 cm³/mol. The van der Waals surface area contributed by atoms with E-state index in [1.165, 1.54) is 0 Å². The monoisotopic (exact) mass is 220 g/mol. The highest BCUT2D eigenvalue weighted by Crippen LogP contribution is 2.19. The van der Waals surface area contributed by atoms with Gasteiger partial charge in [-0.25, -0.2) is 9.97 Å². The fourth-order valence-electron chi connectivity index (χ4n) is 1.77. The van der Waals surface area contributed by atoms with E-state index in [0.29, 0.717) is 0 Å². The van der Waals surface area contributed by atoms with Crippen LogP contribution in [0.3, 0.4) is 0 Å². The molecule has 2 aromatic heterocycles. The molecular formula is C12H20N4. The van der Waals surface area contributed by atoms with Gasteiger partial charge in [0.1, 0.15) is 11.6 Å². The molecule has 2 heterocycles. The van der Waals surface area contributed by atoms with Crippen molar-refractivity contribution in [2.45, 2.75) is 27.7 Å². The van der Waals surface area contributed by atoms with E-state index in [1.54, 1.807) is 0 Å². The number of aromatic nitrogens is 4. The minimum atomic E-state index is 0. The maximum Gasteiger partial charge on any atom is 0.104 e. The Labute approximate surface area is 97.1 Å². The van der Waals surface area contributed by atoms with E-state index in [4.69, 9.17) is 0 Å². The topological polar surface area (TPSA) is 57.4 Å². The van der Waals surface area contributed by atoms with Crippen molar-refractivity contribution in [1.82, 2.24) is 19.9 Å². The first-order valence-corrected chi connectivity index (χ1v) is 5.55. The molecule has 3 rings (SSSR count). The molecule has 0 saturated heterocycles. The average molecular weight is 220 g/mol. The number of rotatable bonds is 0. The zero-order valence-corrected chi connectivity index (χ0v) is 10.0. The van der Waals surface area contributed by atoms with E-state index in [0.717, 1.165) is 33.7 Å². The van der Waals surface area contributed by atoms with Crippen molar-refractivity contribution in [3.05, 3.63) is 23.8 Å². The number of nitrogens with zero attached hydrogens (tertiary/aromatic N) is 2. The first-order chi connectivity index (χ1) is 7.72. The molecule has 0 amide bonds. The van der Waals surface area contributed by atoms with Gasteiger partial charge in [0.05, 0.1) is 22.1 Å². The van der Waals surface area contributed by atoms with Gasteiger partial charge in [0.25, 0.3) is 0 Å². The Kier molecular flexibility index (Phi) is 2.64. The molecule has 0 bridgehead atoms. The van der Waals surface area contributed by atoms with Crippen LogP contribution in [0.2, 0.25) is 0 Å². The minimum Gasteiger partial charge on any atom is -0.342 e. The van der Waals surface area contributed by atoms with Crippen LogP contribution in [-0.2, 0) is 0 Å². The maximum atomic E-state index is 4.36. The summed E-state index contributed by atoms with van der Waals surface area (Å²) < 4.78 is 0. The second-order valence-electron chi connectivity index (χ2n) is 3.53. The third-order valence-electron chi connectivity index (χ3n) is 2.32. The van der Waals surface area contributed by atoms with Crippen LogP contribution in [0.15, 0.2) is 12.1 Å². The summed E-state index contributed by atoms with van der Waals surface area (Å²) in [6.07, 6.45) is 0. The highest BCUT2D eigenvalue weighted by atomic mass is 14.9. The number of aromatic amines is 2. The summed E-state index contributed by atoms with van der Waals surface area (Å²) in [7, 11) is 0. The number of hydrogen-bond acceptors (Lipinski definition) is 2. The average Bonchev–Trinajstić information content (AvgIpc) is 2.76. The van der Waals surface area contributed by atoms with Crippen molar-refractivity contribution in [1.29, 1.82) is 0 Å². The number of hydrogen-bond donors (Lipinski definition) is 2. The Hall–Kier alpha value is -1.84. The number of benzene rings is 1. The molecule has 0 fully saturated rings. The Morgan fingerprint density at radius 2 is 1.31 bits per heavy atom. The fraction of sp³-hybridized carbons (Fsp3) is 0.333. The molecule has 0 aliphatic heterocycles. The summed E-state index contributed by atoms with van der Waals surface area (Å²) >= 11 is 0. The fourth-order valence-corrected chi connectivity index (χ4v) is 1.77. The van der Waals surface area contributed by atoms with E-state index >= 15 is 0 Å². The molecule has 4 nitrogen and oxygen atoms in total. The van der Waals surface area contributed by atoms with Gasteiger partial charge in [-0.15, -0.1) is 0 Å². The third kappa shape index (κ3) is 1.66. The first kappa shape index (κ1) is 10.7. The van der Waals surface area contributed by atoms with Crippen LogP contribution in [0, 0.1) is 13.8 Å². The third-order valence-corrected chi connectivity index (χ3v) is 2.32. The quantitative estimate of drug-likeness (QED) is 0.608. The van der Waals surface area contributed by atoms with Crippen molar-refractivity contribution in [2.75, 3.05) is 0 Å². The summed E-state index contributed by atoms with van der Waals surface area (Å²) in [5.74, 6) is 1.87. The molecule has 0 saturated carbocycles. The zero-order chi connectivity index (χ0) is 11.7. The van der Waals surface area contributed by atoms with Gasteiger partial charge in [-0.1, -0.05) is 13.8 Å². The van der Waals surface area contributed by atoms with Crippen LogP contribution in [0.4, 0.5) is 0 Å². The summed E-state index contributed by atoms with van der Waals surface area (Å²) in [6.45, 7) is 7.90. The van der Waals surface area contributed by atoms with E-state index in [1.807, 2.05) is 39.8 Å². The van der Waals surface area contributed by atoms with Crippen molar-refractivity contribution in [3.63, 3.8) is 0 Å². The van der Waals surface area contributed by atoms with E-state index in [9.17, 15) is 0 Å². The molecular weight excluding hydrogens is 200 g/mol. The van der Waals surface area contributed by atoms with Gasteiger partial charge in [-0.3, -0.25) is 0 Å². The highest BCUT2D eigenvalue weighted by molar-refractivity contribution is 5.91. The normalized spacial score (nSPS) is 10.5. The Bertz CT molecular complexity index is 525. The van der Waals surface area contributed by atoms with Gasteiger partial charge in [0.2, 0.25) is 0 Å². The summed E-state index contributed by atoms with van der Waals surface area (Å²) in [5, 5.41) is 0. The van der Waals surface area contributed by atoms with Crippen LogP contribution in [0.1, 0.15) is 28.3 Å². The molecule has 16 heavy (non-hydrogen) atoms.